The molecule has 0 spiro atoms. The fourth-order valence-electron chi connectivity index (χ4n) is 3.15. The lowest BCUT2D eigenvalue weighted by molar-refractivity contribution is -0.154. The Kier molecular flexibility index (Phi) is 6.23. The van der Waals surface area contributed by atoms with Crippen molar-refractivity contribution in [2.24, 2.45) is 0 Å². The van der Waals surface area contributed by atoms with Gasteiger partial charge in [0.2, 0.25) is 0 Å². The molecule has 1 atom stereocenters. The second-order valence-electron chi connectivity index (χ2n) is 6.61. The maximum absolute atomic E-state index is 12.8. The van der Waals surface area contributed by atoms with E-state index in [4.69, 9.17) is 10.00 Å². The van der Waals surface area contributed by atoms with E-state index in [9.17, 15) is 19.2 Å². The number of ether oxygens (including phenoxy) is 1. The van der Waals surface area contributed by atoms with Crippen molar-refractivity contribution in [3.05, 3.63) is 65.7 Å². The molecule has 0 fully saturated rings. The molecule has 0 saturated heterocycles. The standard InChI is InChI=1S/C22H19N3O5/c1-15(20(27)24(13-7-12-23)16-8-3-2-4-9-16)30-19(26)14-25-21(28)17-10-5-6-11-18(17)22(25)29/h2-6,8-11,15H,7,13-14H2,1H3/t15-/m0/s1. The predicted octanol–water partition coefficient (Wildman–Crippen LogP) is 2.16. The Hall–Kier alpha value is -3.99. The minimum Gasteiger partial charge on any atom is -0.451 e. The number of hydrogen-bond acceptors (Lipinski definition) is 6. The lowest BCUT2D eigenvalue weighted by Gasteiger charge is -2.25. The first kappa shape index (κ1) is 20.7. The number of benzene rings is 2. The van der Waals surface area contributed by atoms with E-state index in [1.165, 1.54) is 24.0 Å². The number of hydrogen-bond donors (Lipinski definition) is 0. The molecule has 1 heterocycles. The molecule has 1 aliphatic rings. The lowest BCUT2D eigenvalue weighted by Crippen LogP contribution is -2.43. The molecule has 0 radical (unpaired) electrons. The summed E-state index contributed by atoms with van der Waals surface area (Å²) in [5, 5.41) is 8.87. The van der Waals surface area contributed by atoms with Crippen LogP contribution in [0, 0.1) is 11.3 Å². The third-order valence-corrected chi connectivity index (χ3v) is 4.60. The van der Waals surface area contributed by atoms with Crippen molar-refractivity contribution in [2.45, 2.75) is 19.4 Å². The molecule has 8 heteroatoms. The van der Waals surface area contributed by atoms with Gasteiger partial charge in [-0.25, -0.2) is 0 Å². The van der Waals surface area contributed by atoms with Gasteiger partial charge < -0.3 is 9.64 Å². The molecule has 30 heavy (non-hydrogen) atoms. The van der Waals surface area contributed by atoms with Crippen LogP contribution in [0.5, 0.6) is 0 Å². The van der Waals surface area contributed by atoms with Gasteiger partial charge in [0.05, 0.1) is 23.6 Å². The highest BCUT2D eigenvalue weighted by atomic mass is 16.5. The molecule has 0 bridgehead atoms. The SMILES string of the molecule is C[C@H](OC(=O)CN1C(=O)c2ccccc2C1=O)C(=O)N(CCC#N)c1ccccc1. The zero-order valence-electron chi connectivity index (χ0n) is 16.3. The van der Waals surface area contributed by atoms with Crippen LogP contribution in [-0.4, -0.2) is 47.8 Å². The number of rotatable bonds is 7. The van der Waals surface area contributed by atoms with Crippen LogP contribution < -0.4 is 4.90 Å². The molecule has 2 aromatic rings. The number of carbonyl (C=O) groups is 4. The molecule has 8 nitrogen and oxygen atoms in total. The first-order valence-electron chi connectivity index (χ1n) is 9.32. The number of nitrogens with zero attached hydrogens (tertiary/aromatic N) is 3. The summed E-state index contributed by atoms with van der Waals surface area (Å²) in [7, 11) is 0. The van der Waals surface area contributed by atoms with Gasteiger partial charge in [-0.15, -0.1) is 0 Å². The first-order valence-corrected chi connectivity index (χ1v) is 9.32. The first-order chi connectivity index (χ1) is 14.4. The number of carbonyl (C=O) groups excluding carboxylic acids is 4. The van der Waals surface area contributed by atoms with Crippen molar-refractivity contribution in [1.29, 1.82) is 5.26 Å². The summed E-state index contributed by atoms with van der Waals surface area (Å²) in [6.07, 6.45) is -1.05. The van der Waals surface area contributed by atoms with Gasteiger partial charge in [-0.05, 0) is 31.2 Å². The number of imide groups is 1. The molecular weight excluding hydrogens is 386 g/mol. The van der Waals surface area contributed by atoms with Crippen LogP contribution in [-0.2, 0) is 14.3 Å². The highest BCUT2D eigenvalue weighted by Gasteiger charge is 2.37. The highest BCUT2D eigenvalue weighted by Crippen LogP contribution is 2.22. The van der Waals surface area contributed by atoms with Crippen molar-refractivity contribution in [2.75, 3.05) is 18.0 Å². The highest BCUT2D eigenvalue weighted by molar-refractivity contribution is 6.22. The van der Waals surface area contributed by atoms with E-state index in [2.05, 4.69) is 0 Å². The molecule has 0 unspecified atom stereocenters. The smallest absolute Gasteiger partial charge is 0.326 e. The number of anilines is 1. The molecule has 2 aromatic carbocycles. The number of para-hydroxylation sites is 1. The average Bonchev–Trinajstić information content (AvgIpc) is 2.99. The fraction of sp³-hybridized carbons (Fsp3) is 0.227. The van der Waals surface area contributed by atoms with Crippen molar-refractivity contribution in [3.63, 3.8) is 0 Å². The quantitative estimate of drug-likeness (QED) is 0.516. The van der Waals surface area contributed by atoms with Gasteiger partial charge in [-0.2, -0.15) is 5.26 Å². The molecule has 0 aliphatic carbocycles. The Bertz CT molecular complexity index is 994. The van der Waals surface area contributed by atoms with Crippen LogP contribution in [0.15, 0.2) is 54.6 Å². The number of amides is 3. The largest absolute Gasteiger partial charge is 0.451 e. The minimum absolute atomic E-state index is 0.107. The van der Waals surface area contributed by atoms with Crippen LogP contribution in [0.25, 0.3) is 0 Å². The summed E-state index contributed by atoms with van der Waals surface area (Å²) in [5.41, 5.74) is 1.03. The molecule has 3 rings (SSSR count). The Labute approximate surface area is 173 Å². The van der Waals surface area contributed by atoms with Gasteiger partial charge in [0.1, 0.15) is 6.54 Å². The maximum atomic E-state index is 12.8. The maximum Gasteiger partial charge on any atom is 0.326 e. The fourth-order valence-corrected chi connectivity index (χ4v) is 3.15. The Morgan fingerprint density at radius 3 is 2.17 bits per heavy atom. The topological polar surface area (TPSA) is 108 Å². The number of nitriles is 1. The molecule has 3 amide bonds. The second kappa shape index (κ2) is 9.01. The van der Waals surface area contributed by atoms with Crippen molar-refractivity contribution >= 4 is 29.4 Å². The van der Waals surface area contributed by atoms with Gasteiger partial charge in [-0.3, -0.25) is 24.1 Å². The van der Waals surface area contributed by atoms with Crippen LogP contribution in [0.3, 0.4) is 0 Å². The normalized spacial score (nSPS) is 13.4. The number of esters is 1. The van der Waals surface area contributed by atoms with Crippen LogP contribution in [0.1, 0.15) is 34.1 Å². The third kappa shape index (κ3) is 4.20. The van der Waals surface area contributed by atoms with Crippen LogP contribution in [0.2, 0.25) is 0 Å². The summed E-state index contributed by atoms with van der Waals surface area (Å²) in [4.78, 5) is 52.1. The van der Waals surface area contributed by atoms with E-state index in [0.717, 1.165) is 4.90 Å². The number of fused-ring (bicyclic) bond motifs is 1. The summed E-state index contributed by atoms with van der Waals surface area (Å²) < 4.78 is 5.19. The second-order valence-corrected chi connectivity index (χ2v) is 6.61. The lowest BCUT2D eigenvalue weighted by atomic mass is 10.1. The van der Waals surface area contributed by atoms with Gasteiger partial charge in [0.25, 0.3) is 17.7 Å². The zero-order valence-corrected chi connectivity index (χ0v) is 16.3. The van der Waals surface area contributed by atoms with Crippen molar-refractivity contribution < 1.29 is 23.9 Å². The Morgan fingerprint density at radius 1 is 1.03 bits per heavy atom. The molecule has 0 saturated carbocycles. The zero-order chi connectivity index (χ0) is 21.7. The Morgan fingerprint density at radius 2 is 1.60 bits per heavy atom. The monoisotopic (exact) mass is 405 g/mol. The van der Waals surface area contributed by atoms with E-state index in [-0.39, 0.29) is 24.1 Å². The third-order valence-electron chi connectivity index (χ3n) is 4.60. The van der Waals surface area contributed by atoms with Crippen LogP contribution in [0.4, 0.5) is 5.69 Å². The average molecular weight is 405 g/mol. The molecule has 152 valence electrons. The molecule has 0 N–H and O–H groups in total. The predicted molar refractivity (Wildman–Crippen MR) is 106 cm³/mol. The molecule has 0 aromatic heterocycles. The van der Waals surface area contributed by atoms with E-state index >= 15 is 0 Å². The Balaban J connectivity index is 1.66. The van der Waals surface area contributed by atoms with Crippen molar-refractivity contribution in [3.8, 4) is 6.07 Å². The van der Waals surface area contributed by atoms with Gasteiger partial charge in [0, 0.05) is 12.2 Å². The van der Waals surface area contributed by atoms with E-state index in [1.807, 2.05) is 6.07 Å². The summed E-state index contributed by atoms with van der Waals surface area (Å²) in [6, 6.07) is 17.0. The van der Waals surface area contributed by atoms with E-state index in [1.54, 1.807) is 42.5 Å². The van der Waals surface area contributed by atoms with E-state index in [0.29, 0.717) is 5.69 Å². The van der Waals surface area contributed by atoms with Gasteiger partial charge in [0.15, 0.2) is 6.10 Å². The minimum atomic E-state index is -1.16. The summed E-state index contributed by atoms with van der Waals surface area (Å²) >= 11 is 0. The van der Waals surface area contributed by atoms with Crippen LogP contribution >= 0.6 is 0 Å². The van der Waals surface area contributed by atoms with Gasteiger partial charge in [-0.1, -0.05) is 30.3 Å². The van der Waals surface area contributed by atoms with Gasteiger partial charge >= 0.3 is 5.97 Å². The molecular formula is C22H19N3O5. The van der Waals surface area contributed by atoms with Crippen molar-refractivity contribution in [1.82, 2.24) is 4.90 Å². The summed E-state index contributed by atoms with van der Waals surface area (Å²) in [6.45, 7) is 0.956. The van der Waals surface area contributed by atoms with E-state index < -0.39 is 36.3 Å². The summed E-state index contributed by atoms with van der Waals surface area (Å²) in [5.74, 6) is -2.54. The molecule has 1 aliphatic heterocycles.